The summed E-state index contributed by atoms with van der Waals surface area (Å²) >= 11 is 0. The highest BCUT2D eigenvalue weighted by molar-refractivity contribution is 6.04. The van der Waals surface area contributed by atoms with Gasteiger partial charge in [-0.2, -0.15) is 0 Å². The maximum absolute atomic E-state index is 4.59. The molecular formula is C16H17N3. The molecule has 0 saturated carbocycles. The number of hydrogen-bond donors (Lipinski definition) is 0. The second-order valence-electron chi connectivity index (χ2n) is 4.35. The number of para-hydroxylation sites is 1. The Morgan fingerprint density at radius 2 is 1.47 bits per heavy atom. The van der Waals surface area contributed by atoms with Gasteiger partial charge in [0.2, 0.25) is 0 Å². The molecule has 0 heterocycles. The third-order valence-electron chi connectivity index (χ3n) is 2.43. The monoisotopic (exact) mass is 251 g/mol. The molecule has 2 rings (SSSR count). The van der Waals surface area contributed by atoms with E-state index in [0.29, 0.717) is 5.84 Å². The van der Waals surface area contributed by atoms with Crippen molar-refractivity contribution in [2.24, 2.45) is 9.98 Å². The topological polar surface area (TPSA) is 28.0 Å². The second kappa shape index (κ2) is 6.50. The van der Waals surface area contributed by atoms with Gasteiger partial charge >= 0.3 is 0 Å². The predicted molar refractivity (Wildman–Crippen MR) is 81.3 cm³/mol. The lowest BCUT2D eigenvalue weighted by Gasteiger charge is -2.05. The zero-order chi connectivity index (χ0) is 13.5. The Bertz CT molecular complexity index is 557. The van der Waals surface area contributed by atoms with Crippen LogP contribution in [-0.4, -0.2) is 31.2 Å². The van der Waals surface area contributed by atoms with Crippen LogP contribution in [0.5, 0.6) is 0 Å². The first-order valence-electron chi connectivity index (χ1n) is 6.15. The van der Waals surface area contributed by atoms with Crippen LogP contribution in [-0.2, 0) is 0 Å². The molecule has 3 heteroatoms. The van der Waals surface area contributed by atoms with E-state index in [2.05, 4.69) is 9.98 Å². The van der Waals surface area contributed by atoms with Crippen LogP contribution in [0.3, 0.4) is 0 Å². The molecule has 0 bridgehead atoms. The van der Waals surface area contributed by atoms with Crippen LogP contribution in [0.1, 0.15) is 5.56 Å². The Balaban J connectivity index is 2.38. The summed E-state index contributed by atoms with van der Waals surface area (Å²) < 4.78 is 0. The van der Waals surface area contributed by atoms with Gasteiger partial charge < -0.3 is 4.90 Å². The Kier molecular flexibility index (Phi) is 4.45. The molecule has 2 aromatic carbocycles. The third kappa shape index (κ3) is 4.07. The van der Waals surface area contributed by atoms with Crippen molar-refractivity contribution >= 4 is 17.9 Å². The van der Waals surface area contributed by atoms with Crippen LogP contribution in [0.15, 0.2) is 70.6 Å². The molecule has 19 heavy (non-hydrogen) atoms. The number of amidine groups is 1. The van der Waals surface area contributed by atoms with Crippen LogP contribution >= 0.6 is 0 Å². The Labute approximate surface area is 113 Å². The molecule has 2 aromatic rings. The number of aliphatic imine (C=N–C) groups is 2. The van der Waals surface area contributed by atoms with Crippen molar-refractivity contribution in [1.82, 2.24) is 4.90 Å². The first kappa shape index (κ1) is 13.0. The van der Waals surface area contributed by atoms with Crippen LogP contribution in [0.4, 0.5) is 5.69 Å². The van der Waals surface area contributed by atoms with Crippen LogP contribution in [0, 0.1) is 0 Å². The lowest BCUT2D eigenvalue weighted by molar-refractivity contribution is 0.644. The largest absolute Gasteiger partial charge is 0.369 e. The fourth-order valence-electron chi connectivity index (χ4n) is 1.55. The van der Waals surface area contributed by atoms with Crippen molar-refractivity contribution < 1.29 is 0 Å². The Hall–Kier alpha value is -2.42. The van der Waals surface area contributed by atoms with Crippen molar-refractivity contribution in [2.45, 2.75) is 0 Å². The molecule has 0 N–H and O–H groups in total. The smallest absolute Gasteiger partial charge is 0.161 e. The zero-order valence-corrected chi connectivity index (χ0v) is 11.2. The molecule has 0 radical (unpaired) electrons. The second-order valence-corrected chi connectivity index (χ2v) is 4.35. The van der Waals surface area contributed by atoms with E-state index >= 15 is 0 Å². The van der Waals surface area contributed by atoms with Crippen molar-refractivity contribution in [1.29, 1.82) is 0 Å². The molecule has 0 spiro atoms. The van der Waals surface area contributed by atoms with Gasteiger partial charge in [-0.15, -0.1) is 0 Å². The van der Waals surface area contributed by atoms with Crippen molar-refractivity contribution in [3.63, 3.8) is 0 Å². The summed E-state index contributed by atoms with van der Waals surface area (Å²) in [6.07, 6.45) is 1.76. The highest BCUT2D eigenvalue weighted by Crippen LogP contribution is 2.13. The van der Waals surface area contributed by atoms with Gasteiger partial charge in [0, 0.05) is 19.7 Å². The molecule has 0 fully saturated rings. The molecule has 0 aromatic heterocycles. The summed E-state index contributed by atoms with van der Waals surface area (Å²) in [7, 11) is 3.88. The summed E-state index contributed by atoms with van der Waals surface area (Å²) in [5.74, 6) is 0.709. The van der Waals surface area contributed by atoms with Gasteiger partial charge in [-0.3, -0.25) is 0 Å². The van der Waals surface area contributed by atoms with E-state index in [0.717, 1.165) is 11.3 Å². The molecule has 96 valence electrons. The Morgan fingerprint density at radius 3 is 2.05 bits per heavy atom. The first-order valence-corrected chi connectivity index (χ1v) is 6.15. The molecule has 0 saturated heterocycles. The summed E-state index contributed by atoms with van der Waals surface area (Å²) in [6, 6.07) is 19.8. The highest BCUT2D eigenvalue weighted by Gasteiger charge is 2.00. The van der Waals surface area contributed by atoms with Crippen molar-refractivity contribution in [2.75, 3.05) is 14.1 Å². The van der Waals surface area contributed by atoms with E-state index in [9.17, 15) is 0 Å². The zero-order valence-electron chi connectivity index (χ0n) is 11.2. The summed E-state index contributed by atoms with van der Waals surface area (Å²) in [4.78, 5) is 10.9. The molecule has 0 unspecified atom stereocenters. The van der Waals surface area contributed by atoms with E-state index in [1.807, 2.05) is 79.7 Å². The van der Waals surface area contributed by atoms with Gasteiger partial charge in [0.1, 0.15) is 0 Å². The fourth-order valence-corrected chi connectivity index (χ4v) is 1.55. The molecule has 3 nitrogen and oxygen atoms in total. The summed E-state index contributed by atoms with van der Waals surface area (Å²) in [5.41, 5.74) is 1.90. The highest BCUT2D eigenvalue weighted by atomic mass is 15.1. The fraction of sp³-hybridized carbons (Fsp3) is 0.125. The quantitative estimate of drug-likeness (QED) is 0.607. The van der Waals surface area contributed by atoms with Gasteiger partial charge in [0.25, 0.3) is 0 Å². The van der Waals surface area contributed by atoms with Gasteiger partial charge in [0.15, 0.2) is 5.84 Å². The van der Waals surface area contributed by atoms with E-state index in [1.54, 1.807) is 6.34 Å². The van der Waals surface area contributed by atoms with Crippen LogP contribution in [0.2, 0.25) is 0 Å². The van der Waals surface area contributed by atoms with E-state index in [4.69, 9.17) is 0 Å². The molecule has 0 aliphatic rings. The van der Waals surface area contributed by atoms with Gasteiger partial charge in [-0.05, 0) is 12.1 Å². The summed E-state index contributed by atoms with van der Waals surface area (Å²) in [5, 5.41) is 0. The minimum atomic E-state index is 0.709. The predicted octanol–water partition coefficient (Wildman–Crippen LogP) is 3.35. The van der Waals surface area contributed by atoms with Crippen molar-refractivity contribution in [3.8, 4) is 0 Å². The lowest BCUT2D eigenvalue weighted by atomic mass is 10.2. The molecule has 0 atom stereocenters. The average molecular weight is 251 g/mol. The maximum Gasteiger partial charge on any atom is 0.161 e. The number of rotatable bonds is 3. The van der Waals surface area contributed by atoms with E-state index in [-0.39, 0.29) is 0 Å². The third-order valence-corrected chi connectivity index (χ3v) is 2.43. The van der Waals surface area contributed by atoms with Crippen molar-refractivity contribution in [3.05, 3.63) is 66.2 Å². The summed E-state index contributed by atoms with van der Waals surface area (Å²) in [6.45, 7) is 0. The number of benzene rings is 2. The SMILES string of the molecule is CN(C)C=NC(=Nc1ccccc1)c1ccccc1. The normalized spacial score (nSPS) is 11.8. The van der Waals surface area contributed by atoms with E-state index < -0.39 is 0 Å². The molecule has 0 aliphatic heterocycles. The van der Waals surface area contributed by atoms with Crippen LogP contribution in [0.25, 0.3) is 0 Å². The first-order chi connectivity index (χ1) is 9.25. The minimum absolute atomic E-state index is 0.709. The van der Waals surface area contributed by atoms with E-state index in [1.165, 1.54) is 0 Å². The minimum Gasteiger partial charge on any atom is -0.369 e. The van der Waals surface area contributed by atoms with Gasteiger partial charge in [-0.1, -0.05) is 48.5 Å². The molecule has 0 aliphatic carbocycles. The lowest BCUT2D eigenvalue weighted by Crippen LogP contribution is -2.10. The number of hydrogen-bond acceptors (Lipinski definition) is 1. The Morgan fingerprint density at radius 1 is 0.895 bits per heavy atom. The molecular weight excluding hydrogens is 234 g/mol. The van der Waals surface area contributed by atoms with Gasteiger partial charge in [-0.25, -0.2) is 9.98 Å². The average Bonchev–Trinajstić information content (AvgIpc) is 2.45. The standard InChI is InChI=1S/C16H17N3/c1-19(2)13-17-16(14-9-5-3-6-10-14)18-15-11-7-4-8-12-15/h3-13H,1-2H3. The van der Waals surface area contributed by atoms with Crippen LogP contribution < -0.4 is 0 Å². The van der Waals surface area contributed by atoms with Gasteiger partial charge in [0.05, 0.1) is 12.0 Å². The maximum atomic E-state index is 4.59. The molecule has 0 amide bonds. The number of nitrogens with zero attached hydrogens (tertiary/aromatic N) is 3.